The molecular weight excluding hydrogens is 434 g/mol. The van der Waals surface area contributed by atoms with Crippen molar-refractivity contribution in [2.45, 2.75) is 33.1 Å². The molecule has 7 heteroatoms. The second kappa shape index (κ2) is 13.9. The number of benzene rings is 1. The van der Waals surface area contributed by atoms with Gasteiger partial charge in [0.25, 0.3) is 0 Å². The molecule has 1 amide bonds. The zero-order valence-electron chi connectivity index (χ0n) is 15.3. The number of rotatable bonds is 9. The third kappa shape index (κ3) is 10.3. The van der Waals surface area contributed by atoms with Crippen LogP contribution in [0, 0.1) is 5.82 Å². The Kier molecular flexibility index (Phi) is 13.1. The van der Waals surface area contributed by atoms with Gasteiger partial charge in [0, 0.05) is 26.7 Å². The summed E-state index contributed by atoms with van der Waals surface area (Å²) in [6, 6.07) is 5.97. The molecule has 0 aliphatic carbocycles. The number of amides is 1. The predicted octanol–water partition coefficient (Wildman–Crippen LogP) is 2.80. The molecular formula is C18H30FIN4O. The van der Waals surface area contributed by atoms with Gasteiger partial charge in [-0.3, -0.25) is 9.79 Å². The standard InChI is InChI=1S/C18H29FN4O.HI/c1-4-6-13-23(3)18(20-5-2)22-12-11-21-17(24)14-15-7-9-16(19)10-8-15;/h7-10H,4-6,11-14H2,1-3H3,(H,20,22)(H,21,24);1H. The van der Waals surface area contributed by atoms with Crippen molar-refractivity contribution in [3.8, 4) is 0 Å². The fourth-order valence-electron chi connectivity index (χ4n) is 2.18. The Bertz CT molecular complexity index is 522. The van der Waals surface area contributed by atoms with Gasteiger partial charge in [0.15, 0.2) is 5.96 Å². The molecule has 0 unspecified atom stereocenters. The van der Waals surface area contributed by atoms with Gasteiger partial charge >= 0.3 is 0 Å². The van der Waals surface area contributed by atoms with Crippen LogP contribution in [0.3, 0.4) is 0 Å². The van der Waals surface area contributed by atoms with Crippen LogP contribution in [0.5, 0.6) is 0 Å². The van der Waals surface area contributed by atoms with Gasteiger partial charge in [-0.25, -0.2) is 4.39 Å². The Balaban J connectivity index is 0.00000576. The molecule has 0 aromatic heterocycles. The normalized spacial score (nSPS) is 10.8. The van der Waals surface area contributed by atoms with E-state index in [-0.39, 0.29) is 42.1 Å². The Morgan fingerprint density at radius 1 is 1.20 bits per heavy atom. The van der Waals surface area contributed by atoms with Gasteiger partial charge < -0.3 is 15.5 Å². The van der Waals surface area contributed by atoms with Crippen molar-refractivity contribution < 1.29 is 9.18 Å². The zero-order chi connectivity index (χ0) is 17.8. The molecule has 1 aromatic rings. The van der Waals surface area contributed by atoms with E-state index in [0.717, 1.165) is 37.5 Å². The summed E-state index contributed by atoms with van der Waals surface area (Å²) < 4.78 is 12.8. The summed E-state index contributed by atoms with van der Waals surface area (Å²) >= 11 is 0. The molecule has 5 nitrogen and oxygen atoms in total. The number of carbonyl (C=O) groups excluding carboxylic acids is 1. The van der Waals surface area contributed by atoms with Gasteiger partial charge in [-0.1, -0.05) is 25.5 Å². The average Bonchev–Trinajstić information content (AvgIpc) is 2.57. The van der Waals surface area contributed by atoms with Crippen LogP contribution >= 0.6 is 24.0 Å². The van der Waals surface area contributed by atoms with Crippen LogP contribution in [-0.4, -0.2) is 50.0 Å². The molecule has 0 aliphatic rings. The molecule has 1 rings (SSSR count). The van der Waals surface area contributed by atoms with E-state index >= 15 is 0 Å². The number of aliphatic imine (C=N–C) groups is 1. The predicted molar refractivity (Wildman–Crippen MR) is 112 cm³/mol. The summed E-state index contributed by atoms with van der Waals surface area (Å²) in [5.41, 5.74) is 0.796. The summed E-state index contributed by atoms with van der Waals surface area (Å²) in [6.45, 7) is 6.97. The van der Waals surface area contributed by atoms with Crippen molar-refractivity contribution in [3.63, 3.8) is 0 Å². The third-order valence-corrected chi connectivity index (χ3v) is 3.52. The van der Waals surface area contributed by atoms with Crippen molar-refractivity contribution in [2.75, 3.05) is 33.2 Å². The minimum Gasteiger partial charge on any atom is -0.357 e. The fraction of sp³-hybridized carbons (Fsp3) is 0.556. The van der Waals surface area contributed by atoms with E-state index in [2.05, 4.69) is 27.4 Å². The van der Waals surface area contributed by atoms with E-state index in [1.54, 1.807) is 12.1 Å². The maximum atomic E-state index is 12.8. The Morgan fingerprint density at radius 2 is 1.88 bits per heavy atom. The molecule has 0 aliphatic heterocycles. The van der Waals surface area contributed by atoms with E-state index in [4.69, 9.17) is 0 Å². The van der Waals surface area contributed by atoms with Crippen LogP contribution in [0.1, 0.15) is 32.3 Å². The van der Waals surface area contributed by atoms with E-state index in [1.807, 2.05) is 14.0 Å². The maximum absolute atomic E-state index is 12.8. The summed E-state index contributed by atoms with van der Waals surface area (Å²) in [4.78, 5) is 18.5. The molecule has 0 saturated heterocycles. The van der Waals surface area contributed by atoms with Crippen molar-refractivity contribution in [1.29, 1.82) is 0 Å². The topological polar surface area (TPSA) is 56.7 Å². The number of unbranched alkanes of at least 4 members (excludes halogenated alkanes) is 1. The van der Waals surface area contributed by atoms with E-state index < -0.39 is 0 Å². The Morgan fingerprint density at radius 3 is 2.48 bits per heavy atom. The molecule has 1 aromatic carbocycles. The van der Waals surface area contributed by atoms with Crippen molar-refractivity contribution in [3.05, 3.63) is 35.6 Å². The lowest BCUT2D eigenvalue weighted by molar-refractivity contribution is -0.120. The fourth-order valence-corrected chi connectivity index (χ4v) is 2.18. The average molecular weight is 464 g/mol. The summed E-state index contributed by atoms with van der Waals surface area (Å²) in [6.07, 6.45) is 2.51. The molecule has 0 atom stereocenters. The lowest BCUT2D eigenvalue weighted by Crippen LogP contribution is -2.40. The molecule has 0 heterocycles. The highest BCUT2D eigenvalue weighted by molar-refractivity contribution is 14.0. The first kappa shape index (κ1) is 23.6. The van der Waals surface area contributed by atoms with Crippen molar-refractivity contribution >= 4 is 35.8 Å². The molecule has 0 radical (unpaired) electrons. The monoisotopic (exact) mass is 464 g/mol. The second-order valence-electron chi connectivity index (χ2n) is 5.66. The van der Waals surface area contributed by atoms with Gasteiger partial charge in [-0.15, -0.1) is 24.0 Å². The van der Waals surface area contributed by atoms with Crippen LogP contribution < -0.4 is 10.6 Å². The van der Waals surface area contributed by atoms with Crippen molar-refractivity contribution in [1.82, 2.24) is 15.5 Å². The van der Waals surface area contributed by atoms with Crippen LogP contribution in [0.25, 0.3) is 0 Å². The number of hydrogen-bond acceptors (Lipinski definition) is 2. The molecule has 2 N–H and O–H groups in total. The first-order valence-corrected chi connectivity index (χ1v) is 8.57. The molecule has 0 spiro atoms. The smallest absolute Gasteiger partial charge is 0.224 e. The number of hydrogen-bond donors (Lipinski definition) is 2. The molecule has 0 bridgehead atoms. The largest absolute Gasteiger partial charge is 0.357 e. The number of guanidine groups is 1. The SMILES string of the molecule is CCCCN(C)C(=NCCNC(=O)Cc1ccc(F)cc1)NCC.I. The van der Waals surface area contributed by atoms with Crippen LogP contribution in [0.15, 0.2) is 29.3 Å². The van der Waals surface area contributed by atoms with Gasteiger partial charge in [0.05, 0.1) is 13.0 Å². The second-order valence-corrected chi connectivity index (χ2v) is 5.66. The Labute approximate surface area is 167 Å². The maximum Gasteiger partial charge on any atom is 0.224 e. The molecule has 25 heavy (non-hydrogen) atoms. The number of nitrogens with zero attached hydrogens (tertiary/aromatic N) is 2. The number of halogens is 2. The van der Waals surface area contributed by atoms with E-state index in [9.17, 15) is 9.18 Å². The van der Waals surface area contributed by atoms with Crippen molar-refractivity contribution in [2.24, 2.45) is 4.99 Å². The van der Waals surface area contributed by atoms with E-state index in [1.165, 1.54) is 12.1 Å². The number of nitrogens with one attached hydrogen (secondary N) is 2. The highest BCUT2D eigenvalue weighted by Gasteiger charge is 2.05. The minimum absolute atomic E-state index is 0. The van der Waals surface area contributed by atoms with Gasteiger partial charge in [-0.05, 0) is 31.0 Å². The lowest BCUT2D eigenvalue weighted by atomic mass is 10.1. The van der Waals surface area contributed by atoms with Gasteiger partial charge in [-0.2, -0.15) is 0 Å². The summed E-state index contributed by atoms with van der Waals surface area (Å²) in [7, 11) is 2.02. The van der Waals surface area contributed by atoms with Crippen LogP contribution in [0.2, 0.25) is 0 Å². The van der Waals surface area contributed by atoms with E-state index in [0.29, 0.717) is 13.1 Å². The van der Waals surface area contributed by atoms with Crippen LogP contribution in [-0.2, 0) is 11.2 Å². The minimum atomic E-state index is -0.295. The Hall–Kier alpha value is -1.38. The molecule has 142 valence electrons. The number of carbonyl (C=O) groups is 1. The van der Waals surface area contributed by atoms with Crippen LogP contribution in [0.4, 0.5) is 4.39 Å². The first-order chi connectivity index (χ1) is 11.6. The highest BCUT2D eigenvalue weighted by Crippen LogP contribution is 2.03. The zero-order valence-corrected chi connectivity index (χ0v) is 17.7. The third-order valence-electron chi connectivity index (χ3n) is 3.52. The van der Waals surface area contributed by atoms with Gasteiger partial charge in [0.1, 0.15) is 5.82 Å². The highest BCUT2D eigenvalue weighted by atomic mass is 127. The summed E-state index contributed by atoms with van der Waals surface area (Å²) in [5.74, 6) is 0.483. The summed E-state index contributed by atoms with van der Waals surface area (Å²) in [5, 5.41) is 6.09. The first-order valence-electron chi connectivity index (χ1n) is 8.57. The quantitative estimate of drug-likeness (QED) is 0.256. The molecule has 0 saturated carbocycles. The lowest BCUT2D eigenvalue weighted by Gasteiger charge is -2.21. The molecule has 0 fully saturated rings. The van der Waals surface area contributed by atoms with Gasteiger partial charge in [0.2, 0.25) is 5.91 Å².